The molecule has 0 aliphatic carbocycles. The second-order valence-corrected chi connectivity index (χ2v) is 3.10. The first kappa shape index (κ1) is 10.9. The van der Waals surface area contributed by atoms with Crippen LogP contribution in [0.4, 0.5) is 10.6 Å². The maximum atomic E-state index is 11.2. The topological polar surface area (TPSA) is 92.3 Å². The Balaban J connectivity index is 2.26. The van der Waals surface area contributed by atoms with Crippen molar-refractivity contribution in [1.82, 2.24) is 14.6 Å². The third kappa shape index (κ3) is 2.31. The molecule has 0 atom stereocenters. The van der Waals surface area contributed by atoms with E-state index in [1.165, 1.54) is 10.7 Å². The molecular weight excluding hydrogens is 222 g/mol. The van der Waals surface area contributed by atoms with Crippen LogP contribution >= 0.6 is 0 Å². The van der Waals surface area contributed by atoms with Gasteiger partial charge >= 0.3 is 6.09 Å². The highest BCUT2D eigenvalue weighted by molar-refractivity contribution is 5.83. The summed E-state index contributed by atoms with van der Waals surface area (Å²) in [5.41, 5.74) is 0.813. The molecule has 7 nitrogen and oxygen atoms in total. The van der Waals surface area contributed by atoms with Gasteiger partial charge < -0.3 is 4.74 Å². The molecule has 17 heavy (non-hydrogen) atoms. The van der Waals surface area contributed by atoms with Crippen molar-refractivity contribution in [1.29, 1.82) is 5.26 Å². The van der Waals surface area contributed by atoms with Crippen molar-refractivity contribution in [3.63, 3.8) is 0 Å². The van der Waals surface area contributed by atoms with Crippen LogP contribution in [0.2, 0.25) is 0 Å². The molecule has 0 saturated carbocycles. The van der Waals surface area contributed by atoms with Crippen molar-refractivity contribution in [2.75, 3.05) is 11.9 Å². The monoisotopic (exact) mass is 231 g/mol. The molecule has 1 N–H and O–H groups in total. The van der Waals surface area contributed by atoms with Gasteiger partial charge in [0.05, 0.1) is 12.8 Å². The summed E-state index contributed by atoms with van der Waals surface area (Å²) < 4.78 is 6.13. The number of ether oxygens (including phenoxy) is 1. The minimum Gasteiger partial charge on any atom is -0.450 e. The van der Waals surface area contributed by atoms with E-state index < -0.39 is 6.09 Å². The van der Waals surface area contributed by atoms with Gasteiger partial charge in [-0.25, -0.2) is 14.3 Å². The fourth-order valence-electron chi connectivity index (χ4n) is 1.27. The first-order valence-electron chi connectivity index (χ1n) is 4.93. The Morgan fingerprint density at radius 3 is 3.18 bits per heavy atom. The third-order valence-corrected chi connectivity index (χ3v) is 1.94. The van der Waals surface area contributed by atoms with Gasteiger partial charge in [-0.05, 0) is 19.1 Å². The van der Waals surface area contributed by atoms with Gasteiger partial charge in [-0.3, -0.25) is 5.32 Å². The van der Waals surface area contributed by atoms with Crippen molar-refractivity contribution in [2.24, 2.45) is 0 Å². The van der Waals surface area contributed by atoms with Crippen molar-refractivity contribution < 1.29 is 9.53 Å². The Kier molecular flexibility index (Phi) is 2.87. The number of aromatic nitrogens is 3. The number of carbonyl (C=O) groups excluding carboxylic acids is 1. The first-order chi connectivity index (χ1) is 8.22. The van der Waals surface area contributed by atoms with Crippen LogP contribution in [0.15, 0.2) is 18.3 Å². The van der Waals surface area contributed by atoms with E-state index in [4.69, 9.17) is 10.00 Å². The van der Waals surface area contributed by atoms with Crippen LogP contribution in [0.5, 0.6) is 0 Å². The van der Waals surface area contributed by atoms with Crippen LogP contribution in [0.3, 0.4) is 0 Å². The Labute approximate surface area is 96.6 Å². The summed E-state index contributed by atoms with van der Waals surface area (Å²) in [6.07, 6.45) is 0.934. The van der Waals surface area contributed by atoms with Crippen LogP contribution in [0.1, 0.15) is 12.6 Å². The van der Waals surface area contributed by atoms with Crippen molar-refractivity contribution >= 4 is 17.6 Å². The quantitative estimate of drug-likeness (QED) is 0.837. The Morgan fingerprint density at radius 1 is 1.65 bits per heavy atom. The average molecular weight is 231 g/mol. The lowest BCUT2D eigenvalue weighted by atomic mass is 10.4. The predicted octanol–water partition coefficient (Wildman–Crippen LogP) is 1.17. The van der Waals surface area contributed by atoms with E-state index in [-0.39, 0.29) is 12.3 Å². The summed E-state index contributed by atoms with van der Waals surface area (Å²) in [5.74, 6) is 0.325. The van der Waals surface area contributed by atoms with E-state index >= 15 is 0 Å². The maximum Gasteiger partial charge on any atom is 0.412 e. The molecule has 2 rings (SSSR count). The van der Waals surface area contributed by atoms with Gasteiger partial charge in [0.25, 0.3) is 0 Å². The molecule has 0 aromatic carbocycles. The lowest BCUT2D eigenvalue weighted by Gasteiger charge is -1.99. The third-order valence-electron chi connectivity index (χ3n) is 1.94. The van der Waals surface area contributed by atoms with Crippen LogP contribution < -0.4 is 5.32 Å². The number of fused-ring (bicyclic) bond motifs is 1. The molecule has 0 aliphatic heterocycles. The van der Waals surface area contributed by atoms with Gasteiger partial charge in [0.2, 0.25) is 0 Å². The standard InChI is InChI=1S/C10H9N5O2/c1-2-17-10(16)13-8-6-15-9(12-8)4-3-7(5-11)14-15/h3-4,6H,2H2,1H3,(H,13,16). The first-order valence-corrected chi connectivity index (χ1v) is 4.93. The molecule has 0 fully saturated rings. The van der Waals surface area contributed by atoms with E-state index in [0.29, 0.717) is 11.5 Å². The molecular formula is C10H9N5O2. The zero-order valence-electron chi connectivity index (χ0n) is 9.04. The minimum atomic E-state index is -0.573. The van der Waals surface area contributed by atoms with E-state index in [2.05, 4.69) is 15.4 Å². The number of nitriles is 1. The number of hydrogen-bond donors (Lipinski definition) is 1. The number of nitrogens with one attached hydrogen (secondary N) is 1. The lowest BCUT2D eigenvalue weighted by molar-refractivity contribution is 0.168. The molecule has 2 aromatic rings. The molecule has 0 bridgehead atoms. The van der Waals surface area contributed by atoms with E-state index in [0.717, 1.165) is 0 Å². The zero-order valence-corrected chi connectivity index (χ0v) is 9.04. The summed E-state index contributed by atoms with van der Waals surface area (Å²) >= 11 is 0. The highest BCUT2D eigenvalue weighted by Crippen LogP contribution is 2.08. The molecule has 86 valence electrons. The lowest BCUT2D eigenvalue weighted by Crippen LogP contribution is -2.13. The second kappa shape index (κ2) is 4.49. The number of hydrogen-bond acceptors (Lipinski definition) is 5. The zero-order chi connectivity index (χ0) is 12.3. The normalized spacial score (nSPS) is 9.88. The molecule has 1 amide bonds. The Bertz CT molecular complexity index is 598. The van der Waals surface area contributed by atoms with Crippen LogP contribution in [-0.2, 0) is 4.74 Å². The highest BCUT2D eigenvalue weighted by atomic mass is 16.5. The highest BCUT2D eigenvalue weighted by Gasteiger charge is 2.07. The average Bonchev–Trinajstić information content (AvgIpc) is 2.69. The number of nitrogens with zero attached hydrogens (tertiary/aromatic N) is 4. The molecule has 0 unspecified atom stereocenters. The van der Waals surface area contributed by atoms with Gasteiger partial charge in [-0.15, -0.1) is 0 Å². The van der Waals surface area contributed by atoms with Gasteiger partial charge in [-0.1, -0.05) is 0 Å². The fourth-order valence-corrected chi connectivity index (χ4v) is 1.27. The number of anilines is 1. The summed E-state index contributed by atoms with van der Waals surface area (Å²) in [5, 5.41) is 15.1. The Hall–Kier alpha value is -2.62. The number of imidazole rings is 1. The van der Waals surface area contributed by atoms with Crippen molar-refractivity contribution in [3.8, 4) is 6.07 Å². The van der Waals surface area contributed by atoms with Crippen LogP contribution in [0.25, 0.3) is 5.65 Å². The van der Waals surface area contributed by atoms with E-state index in [1.807, 2.05) is 6.07 Å². The van der Waals surface area contributed by atoms with Gasteiger partial charge in [-0.2, -0.15) is 10.4 Å². The van der Waals surface area contributed by atoms with Gasteiger partial charge in [0.15, 0.2) is 17.2 Å². The summed E-state index contributed by atoms with van der Waals surface area (Å²) in [6, 6.07) is 5.11. The minimum absolute atomic E-state index is 0.276. The predicted molar refractivity (Wildman–Crippen MR) is 58.3 cm³/mol. The molecule has 0 saturated heterocycles. The SMILES string of the molecule is CCOC(=O)Nc1cn2nc(C#N)ccc2n1. The summed E-state index contributed by atoms with van der Waals surface area (Å²) in [6.45, 7) is 2.00. The molecule has 2 heterocycles. The second-order valence-electron chi connectivity index (χ2n) is 3.10. The summed E-state index contributed by atoms with van der Waals surface area (Å²) in [7, 11) is 0. The van der Waals surface area contributed by atoms with E-state index in [9.17, 15) is 4.79 Å². The smallest absolute Gasteiger partial charge is 0.412 e. The van der Waals surface area contributed by atoms with E-state index in [1.54, 1.807) is 19.1 Å². The maximum absolute atomic E-state index is 11.2. The fraction of sp³-hybridized carbons (Fsp3) is 0.200. The largest absolute Gasteiger partial charge is 0.450 e. The molecule has 0 spiro atoms. The Morgan fingerprint density at radius 2 is 2.47 bits per heavy atom. The van der Waals surface area contributed by atoms with Gasteiger partial charge in [0.1, 0.15) is 6.07 Å². The molecule has 7 heteroatoms. The number of amides is 1. The molecule has 0 aliphatic rings. The van der Waals surface area contributed by atoms with Crippen LogP contribution in [-0.4, -0.2) is 27.3 Å². The molecule has 0 radical (unpaired) electrons. The number of rotatable bonds is 2. The number of carbonyl (C=O) groups is 1. The summed E-state index contributed by atoms with van der Waals surface area (Å²) in [4.78, 5) is 15.2. The van der Waals surface area contributed by atoms with Gasteiger partial charge in [0, 0.05) is 0 Å². The van der Waals surface area contributed by atoms with Crippen molar-refractivity contribution in [2.45, 2.75) is 6.92 Å². The van der Waals surface area contributed by atoms with Crippen molar-refractivity contribution in [3.05, 3.63) is 24.0 Å². The molecule has 2 aromatic heterocycles. The van der Waals surface area contributed by atoms with Crippen LogP contribution in [0, 0.1) is 11.3 Å².